The molecule has 2 aromatic heterocycles. The van der Waals surface area contributed by atoms with Gasteiger partial charge in [-0.1, -0.05) is 6.92 Å². The van der Waals surface area contributed by atoms with Crippen molar-refractivity contribution in [1.82, 2.24) is 14.3 Å². The van der Waals surface area contributed by atoms with E-state index >= 15 is 0 Å². The topological polar surface area (TPSA) is 63.6 Å². The summed E-state index contributed by atoms with van der Waals surface area (Å²) in [5, 5.41) is 0. The lowest BCUT2D eigenvalue weighted by Gasteiger charge is -2.38. The van der Waals surface area contributed by atoms with Crippen LogP contribution in [0.25, 0.3) is 5.65 Å². The van der Waals surface area contributed by atoms with E-state index in [9.17, 15) is 4.79 Å². The number of halogens is 2. The first-order chi connectivity index (χ1) is 9.69. The SMILES string of the molecule is CC1CCN(C(=O)c2ccc3nccn3c2)C(CN)C1.Cl.Cl. The third-order valence-corrected chi connectivity index (χ3v) is 4.15. The van der Waals surface area contributed by atoms with Crippen LogP contribution in [0.3, 0.4) is 0 Å². The molecule has 1 aliphatic heterocycles. The van der Waals surface area contributed by atoms with Crippen molar-refractivity contribution in [2.24, 2.45) is 11.7 Å². The van der Waals surface area contributed by atoms with E-state index in [-0.39, 0.29) is 36.8 Å². The monoisotopic (exact) mass is 344 g/mol. The highest BCUT2D eigenvalue weighted by atomic mass is 35.5. The fourth-order valence-electron chi connectivity index (χ4n) is 2.95. The highest BCUT2D eigenvalue weighted by Crippen LogP contribution is 2.23. The quantitative estimate of drug-likeness (QED) is 0.909. The highest BCUT2D eigenvalue weighted by Gasteiger charge is 2.29. The van der Waals surface area contributed by atoms with Crippen LogP contribution in [0, 0.1) is 5.92 Å². The summed E-state index contributed by atoms with van der Waals surface area (Å²) in [5.74, 6) is 0.715. The lowest BCUT2D eigenvalue weighted by atomic mass is 9.92. The standard InChI is InChI=1S/C15H20N4O.2ClH/c1-11-4-6-19(13(8-11)9-16)15(20)12-2-3-14-17-5-7-18(14)10-12;;/h2-3,5,7,10-11,13H,4,6,8-9,16H2,1H3;2*1H. The van der Waals surface area contributed by atoms with Crippen LogP contribution in [0.2, 0.25) is 0 Å². The molecule has 0 bridgehead atoms. The van der Waals surface area contributed by atoms with Crippen molar-refractivity contribution in [2.75, 3.05) is 13.1 Å². The number of aromatic nitrogens is 2. The van der Waals surface area contributed by atoms with Crippen molar-refractivity contribution in [2.45, 2.75) is 25.8 Å². The van der Waals surface area contributed by atoms with Crippen LogP contribution in [0.5, 0.6) is 0 Å². The molecule has 3 heterocycles. The number of carbonyl (C=O) groups is 1. The van der Waals surface area contributed by atoms with Gasteiger partial charge in [-0.2, -0.15) is 0 Å². The van der Waals surface area contributed by atoms with Gasteiger partial charge in [-0.05, 0) is 30.9 Å². The average Bonchev–Trinajstić information content (AvgIpc) is 2.93. The Morgan fingerprint density at radius 2 is 2.18 bits per heavy atom. The first kappa shape index (κ1) is 18.7. The van der Waals surface area contributed by atoms with E-state index < -0.39 is 0 Å². The maximum atomic E-state index is 12.7. The summed E-state index contributed by atoms with van der Waals surface area (Å²) in [7, 11) is 0. The zero-order valence-electron chi connectivity index (χ0n) is 12.5. The van der Waals surface area contributed by atoms with E-state index in [2.05, 4.69) is 11.9 Å². The first-order valence-corrected chi connectivity index (χ1v) is 7.13. The Morgan fingerprint density at radius 3 is 2.91 bits per heavy atom. The van der Waals surface area contributed by atoms with Crippen LogP contribution in [0.4, 0.5) is 0 Å². The van der Waals surface area contributed by atoms with Gasteiger partial charge in [0.15, 0.2) is 0 Å². The van der Waals surface area contributed by atoms with Crippen molar-refractivity contribution >= 4 is 36.4 Å². The normalized spacial score (nSPS) is 21.1. The van der Waals surface area contributed by atoms with E-state index in [1.165, 1.54) is 0 Å². The van der Waals surface area contributed by atoms with Crippen molar-refractivity contribution in [3.05, 3.63) is 36.3 Å². The van der Waals surface area contributed by atoms with Gasteiger partial charge in [-0.3, -0.25) is 4.79 Å². The second-order valence-electron chi connectivity index (χ2n) is 5.63. The predicted octanol–water partition coefficient (Wildman–Crippen LogP) is 2.38. The van der Waals surface area contributed by atoms with Crippen LogP contribution < -0.4 is 5.73 Å². The van der Waals surface area contributed by atoms with Crippen LogP contribution in [-0.4, -0.2) is 39.3 Å². The lowest BCUT2D eigenvalue weighted by molar-refractivity contribution is 0.0573. The number of hydrogen-bond donors (Lipinski definition) is 1. The molecule has 7 heteroatoms. The molecule has 2 aromatic rings. The molecule has 0 spiro atoms. The summed E-state index contributed by atoms with van der Waals surface area (Å²) in [4.78, 5) is 18.8. The van der Waals surface area contributed by atoms with E-state index in [4.69, 9.17) is 5.73 Å². The number of fused-ring (bicyclic) bond motifs is 1. The molecule has 3 rings (SSSR count). The molecule has 2 unspecified atom stereocenters. The van der Waals surface area contributed by atoms with Crippen LogP contribution in [-0.2, 0) is 0 Å². The third kappa shape index (κ3) is 3.54. The van der Waals surface area contributed by atoms with Gasteiger partial charge in [0.1, 0.15) is 5.65 Å². The molecule has 0 aromatic carbocycles. The van der Waals surface area contributed by atoms with Crippen molar-refractivity contribution in [3.63, 3.8) is 0 Å². The average molecular weight is 345 g/mol. The molecule has 22 heavy (non-hydrogen) atoms. The number of nitrogens with two attached hydrogens (primary N) is 1. The minimum Gasteiger partial charge on any atom is -0.334 e. The Morgan fingerprint density at radius 1 is 1.41 bits per heavy atom. The summed E-state index contributed by atoms with van der Waals surface area (Å²) in [6.45, 7) is 3.55. The lowest BCUT2D eigenvalue weighted by Crippen LogP contribution is -2.49. The molecule has 0 aliphatic carbocycles. The molecule has 0 saturated carbocycles. The number of amides is 1. The zero-order valence-corrected chi connectivity index (χ0v) is 14.1. The van der Waals surface area contributed by atoms with Crippen molar-refractivity contribution in [1.29, 1.82) is 0 Å². The molecule has 5 nitrogen and oxygen atoms in total. The van der Waals surface area contributed by atoms with Gasteiger partial charge >= 0.3 is 0 Å². The largest absolute Gasteiger partial charge is 0.334 e. The molecular formula is C15H22Cl2N4O. The van der Waals surface area contributed by atoms with Gasteiger partial charge in [0.2, 0.25) is 0 Å². The van der Waals surface area contributed by atoms with Gasteiger partial charge in [0, 0.05) is 37.7 Å². The number of hydrogen-bond acceptors (Lipinski definition) is 3. The van der Waals surface area contributed by atoms with E-state index in [1.54, 1.807) is 6.20 Å². The maximum Gasteiger partial charge on any atom is 0.255 e. The Bertz CT molecular complexity index is 631. The number of likely N-dealkylation sites (tertiary alicyclic amines) is 1. The Labute approximate surface area is 142 Å². The highest BCUT2D eigenvalue weighted by molar-refractivity contribution is 5.94. The number of imidazole rings is 1. The van der Waals surface area contributed by atoms with Gasteiger partial charge in [0.25, 0.3) is 5.91 Å². The minimum atomic E-state index is 0. The molecule has 1 fully saturated rings. The molecule has 2 atom stereocenters. The second-order valence-corrected chi connectivity index (χ2v) is 5.63. The molecule has 122 valence electrons. The number of nitrogens with zero attached hydrogens (tertiary/aromatic N) is 3. The predicted molar refractivity (Wildman–Crippen MR) is 92.0 cm³/mol. The zero-order chi connectivity index (χ0) is 14.1. The number of piperidine rings is 1. The second kappa shape index (κ2) is 7.81. The van der Waals surface area contributed by atoms with Crippen molar-refractivity contribution < 1.29 is 4.79 Å². The van der Waals surface area contributed by atoms with E-state index in [0.717, 1.165) is 25.0 Å². The summed E-state index contributed by atoms with van der Waals surface area (Å²) < 4.78 is 1.87. The van der Waals surface area contributed by atoms with Crippen LogP contribution in [0.15, 0.2) is 30.7 Å². The first-order valence-electron chi connectivity index (χ1n) is 7.13. The molecule has 2 N–H and O–H groups in total. The molecule has 1 aliphatic rings. The summed E-state index contributed by atoms with van der Waals surface area (Å²) in [6.07, 6.45) is 7.47. The molecule has 0 radical (unpaired) electrons. The molecule has 1 saturated heterocycles. The fraction of sp³-hybridized carbons (Fsp3) is 0.467. The van der Waals surface area contributed by atoms with Crippen LogP contribution in [0.1, 0.15) is 30.1 Å². The molecular weight excluding hydrogens is 323 g/mol. The van der Waals surface area contributed by atoms with Gasteiger partial charge in [0.05, 0.1) is 5.56 Å². The van der Waals surface area contributed by atoms with Crippen molar-refractivity contribution in [3.8, 4) is 0 Å². The van der Waals surface area contributed by atoms with Gasteiger partial charge < -0.3 is 15.0 Å². The summed E-state index contributed by atoms with van der Waals surface area (Å²) in [6, 6.07) is 3.87. The van der Waals surface area contributed by atoms with Gasteiger partial charge in [-0.25, -0.2) is 4.98 Å². The van der Waals surface area contributed by atoms with E-state index in [1.807, 2.05) is 33.8 Å². The minimum absolute atomic E-state index is 0. The Hall–Kier alpha value is -1.30. The number of rotatable bonds is 2. The van der Waals surface area contributed by atoms with E-state index in [0.29, 0.717) is 18.0 Å². The Balaban J connectivity index is 0.00000121. The summed E-state index contributed by atoms with van der Waals surface area (Å²) >= 11 is 0. The number of pyridine rings is 1. The maximum absolute atomic E-state index is 12.7. The summed E-state index contributed by atoms with van der Waals surface area (Å²) in [5.41, 5.74) is 7.39. The van der Waals surface area contributed by atoms with Crippen LogP contribution >= 0.6 is 24.8 Å². The molecule has 1 amide bonds. The number of carbonyl (C=O) groups excluding carboxylic acids is 1. The Kier molecular flexibility index (Phi) is 6.66. The smallest absolute Gasteiger partial charge is 0.255 e. The van der Waals surface area contributed by atoms with Gasteiger partial charge in [-0.15, -0.1) is 24.8 Å². The third-order valence-electron chi connectivity index (χ3n) is 4.15. The fourth-order valence-corrected chi connectivity index (χ4v) is 2.95.